The Bertz CT molecular complexity index is 630. The van der Waals surface area contributed by atoms with Gasteiger partial charge >= 0.3 is 6.61 Å². The third-order valence-electron chi connectivity index (χ3n) is 5.30. The molecular formula is C18H25ClF2N2O3. The first-order valence-corrected chi connectivity index (χ1v) is 8.74. The van der Waals surface area contributed by atoms with Crippen LogP contribution in [0.15, 0.2) is 18.2 Å². The zero-order chi connectivity index (χ0) is 18.0. The third kappa shape index (κ3) is 4.20. The number of halogens is 3. The Morgan fingerprint density at radius 2 is 2.08 bits per heavy atom. The number of ether oxygens (including phenoxy) is 2. The molecule has 2 fully saturated rings. The molecule has 2 saturated carbocycles. The number of para-hydroxylation sites is 1. The Balaban J connectivity index is 0.00000243. The van der Waals surface area contributed by atoms with Gasteiger partial charge in [0.25, 0.3) is 0 Å². The van der Waals surface area contributed by atoms with Crippen molar-refractivity contribution in [3.05, 3.63) is 23.8 Å². The molecule has 3 rings (SSSR count). The van der Waals surface area contributed by atoms with Crippen LogP contribution in [0.1, 0.15) is 31.7 Å². The second kappa shape index (κ2) is 8.86. The Hall–Kier alpha value is -1.60. The smallest absolute Gasteiger partial charge is 0.387 e. The molecule has 0 spiro atoms. The zero-order valence-corrected chi connectivity index (χ0v) is 15.4. The fourth-order valence-electron chi connectivity index (χ4n) is 4.22. The van der Waals surface area contributed by atoms with Crippen molar-refractivity contribution >= 4 is 18.3 Å². The molecule has 3 N–H and O–H groups in total. The number of hydrogen-bond donors (Lipinski definition) is 2. The van der Waals surface area contributed by atoms with E-state index in [0.29, 0.717) is 24.0 Å². The van der Waals surface area contributed by atoms with Crippen LogP contribution in [0.5, 0.6) is 11.5 Å². The highest BCUT2D eigenvalue weighted by molar-refractivity contribution is 5.85. The summed E-state index contributed by atoms with van der Waals surface area (Å²) in [5.41, 5.74) is 6.64. The summed E-state index contributed by atoms with van der Waals surface area (Å²) in [5.74, 6) is 0.687. The Morgan fingerprint density at radius 1 is 1.35 bits per heavy atom. The quantitative estimate of drug-likeness (QED) is 0.750. The number of amides is 1. The topological polar surface area (TPSA) is 73.6 Å². The van der Waals surface area contributed by atoms with Gasteiger partial charge in [-0.3, -0.25) is 4.79 Å². The number of alkyl halides is 2. The van der Waals surface area contributed by atoms with E-state index in [-0.39, 0.29) is 48.3 Å². The van der Waals surface area contributed by atoms with E-state index >= 15 is 0 Å². The van der Waals surface area contributed by atoms with Gasteiger partial charge in [0.1, 0.15) is 0 Å². The molecule has 8 heteroatoms. The molecule has 0 aliphatic heterocycles. The van der Waals surface area contributed by atoms with Crippen molar-refractivity contribution in [1.29, 1.82) is 0 Å². The predicted molar refractivity (Wildman–Crippen MR) is 95.6 cm³/mol. The van der Waals surface area contributed by atoms with Crippen molar-refractivity contribution in [2.45, 2.75) is 45.4 Å². The lowest BCUT2D eigenvalue weighted by atomic mass is 9.84. The van der Waals surface area contributed by atoms with Crippen molar-refractivity contribution in [3.8, 4) is 11.5 Å². The van der Waals surface area contributed by atoms with Gasteiger partial charge in [0.15, 0.2) is 11.5 Å². The summed E-state index contributed by atoms with van der Waals surface area (Å²) >= 11 is 0. The van der Waals surface area contributed by atoms with Gasteiger partial charge in [-0.15, -0.1) is 12.4 Å². The van der Waals surface area contributed by atoms with E-state index in [1.54, 1.807) is 25.1 Å². The standard InChI is InChI=1S/C18H24F2N2O3.ClH/c1-2-24-13-5-3-4-12(16(13)25-18(19)20)9-22-17(23)14-10-6-7-11(8-10)15(14)21;/h3-5,10-11,14-15,18H,2,6-9,21H2,1H3,(H,22,23);1H. The van der Waals surface area contributed by atoms with E-state index in [0.717, 1.165) is 19.3 Å². The molecule has 146 valence electrons. The highest BCUT2D eigenvalue weighted by Gasteiger charge is 2.48. The van der Waals surface area contributed by atoms with Crippen LogP contribution in [0, 0.1) is 17.8 Å². The van der Waals surface area contributed by atoms with Crippen LogP contribution in [0.4, 0.5) is 8.78 Å². The molecule has 5 nitrogen and oxygen atoms in total. The Kier molecular flexibility index (Phi) is 7.06. The summed E-state index contributed by atoms with van der Waals surface area (Å²) in [7, 11) is 0. The largest absolute Gasteiger partial charge is 0.490 e. The molecule has 4 atom stereocenters. The molecule has 2 aliphatic carbocycles. The van der Waals surface area contributed by atoms with Gasteiger partial charge < -0.3 is 20.5 Å². The normalized spacial score (nSPS) is 26.5. The number of hydrogen-bond acceptors (Lipinski definition) is 4. The maximum atomic E-state index is 12.7. The monoisotopic (exact) mass is 390 g/mol. The average Bonchev–Trinajstić information content (AvgIpc) is 3.15. The number of nitrogens with two attached hydrogens (primary N) is 1. The lowest BCUT2D eigenvalue weighted by molar-refractivity contribution is -0.127. The molecule has 0 heterocycles. The summed E-state index contributed by atoms with van der Waals surface area (Å²) in [6.07, 6.45) is 3.15. The van der Waals surface area contributed by atoms with Crippen molar-refractivity contribution in [2.24, 2.45) is 23.5 Å². The number of carbonyl (C=O) groups is 1. The maximum Gasteiger partial charge on any atom is 0.387 e. The minimum absolute atomic E-state index is 0. The highest BCUT2D eigenvalue weighted by Crippen LogP contribution is 2.47. The second-order valence-electron chi connectivity index (χ2n) is 6.71. The van der Waals surface area contributed by atoms with Gasteiger partial charge in [-0.1, -0.05) is 12.1 Å². The molecule has 1 aromatic carbocycles. The van der Waals surface area contributed by atoms with E-state index in [2.05, 4.69) is 10.1 Å². The Morgan fingerprint density at radius 3 is 2.69 bits per heavy atom. The van der Waals surface area contributed by atoms with Crippen molar-refractivity contribution in [1.82, 2.24) is 5.32 Å². The summed E-state index contributed by atoms with van der Waals surface area (Å²) < 4.78 is 35.4. The first-order valence-electron chi connectivity index (χ1n) is 8.74. The summed E-state index contributed by atoms with van der Waals surface area (Å²) in [4.78, 5) is 12.6. The van der Waals surface area contributed by atoms with Crippen molar-refractivity contribution in [3.63, 3.8) is 0 Å². The minimum atomic E-state index is -2.96. The van der Waals surface area contributed by atoms with Gasteiger partial charge in [-0.25, -0.2) is 0 Å². The van der Waals surface area contributed by atoms with Crippen molar-refractivity contribution < 1.29 is 23.0 Å². The predicted octanol–water partition coefficient (Wildman–Crippen LogP) is 3.10. The molecule has 2 bridgehead atoms. The molecule has 2 aliphatic rings. The second-order valence-corrected chi connectivity index (χ2v) is 6.71. The lowest BCUT2D eigenvalue weighted by Crippen LogP contribution is -2.45. The first-order chi connectivity index (χ1) is 12.0. The average molecular weight is 391 g/mol. The van der Waals surface area contributed by atoms with Gasteiger partial charge in [0, 0.05) is 18.2 Å². The molecule has 0 aromatic heterocycles. The van der Waals surface area contributed by atoms with Gasteiger partial charge in [-0.05, 0) is 44.1 Å². The zero-order valence-electron chi connectivity index (χ0n) is 14.6. The third-order valence-corrected chi connectivity index (χ3v) is 5.30. The lowest BCUT2D eigenvalue weighted by Gasteiger charge is -2.27. The molecule has 1 aromatic rings. The van der Waals surface area contributed by atoms with Crippen molar-refractivity contribution in [2.75, 3.05) is 6.61 Å². The van der Waals surface area contributed by atoms with E-state index < -0.39 is 6.61 Å². The number of nitrogens with one attached hydrogen (secondary N) is 1. The van der Waals surface area contributed by atoms with Gasteiger partial charge in [-0.2, -0.15) is 8.78 Å². The molecule has 0 saturated heterocycles. The van der Waals surface area contributed by atoms with Crippen LogP contribution < -0.4 is 20.5 Å². The van der Waals surface area contributed by atoms with Crippen LogP contribution in [-0.4, -0.2) is 25.2 Å². The highest BCUT2D eigenvalue weighted by atomic mass is 35.5. The summed E-state index contributed by atoms with van der Waals surface area (Å²) in [6.45, 7) is -0.773. The molecule has 0 radical (unpaired) electrons. The van der Waals surface area contributed by atoms with Crippen LogP contribution in [0.2, 0.25) is 0 Å². The van der Waals surface area contributed by atoms with E-state index in [1.165, 1.54) is 0 Å². The number of carbonyl (C=O) groups excluding carboxylic acids is 1. The van der Waals surface area contributed by atoms with Gasteiger partial charge in [0.05, 0.1) is 12.5 Å². The molecule has 1 amide bonds. The van der Waals surface area contributed by atoms with Crippen LogP contribution in [0.3, 0.4) is 0 Å². The van der Waals surface area contributed by atoms with Crippen LogP contribution >= 0.6 is 12.4 Å². The number of fused-ring (bicyclic) bond motifs is 2. The first kappa shape index (κ1) is 20.7. The number of benzene rings is 1. The van der Waals surface area contributed by atoms with Gasteiger partial charge in [0.2, 0.25) is 5.91 Å². The fourth-order valence-corrected chi connectivity index (χ4v) is 4.22. The Labute approximate surface area is 158 Å². The molecular weight excluding hydrogens is 366 g/mol. The van der Waals surface area contributed by atoms with Crippen LogP contribution in [0.25, 0.3) is 0 Å². The number of rotatable bonds is 7. The molecule has 26 heavy (non-hydrogen) atoms. The van der Waals surface area contributed by atoms with E-state index in [9.17, 15) is 13.6 Å². The van der Waals surface area contributed by atoms with E-state index in [4.69, 9.17) is 10.5 Å². The van der Waals surface area contributed by atoms with Crippen LogP contribution in [-0.2, 0) is 11.3 Å². The summed E-state index contributed by atoms with van der Waals surface area (Å²) in [6, 6.07) is 4.79. The maximum absolute atomic E-state index is 12.7. The molecule has 4 unspecified atom stereocenters. The fraction of sp³-hybridized carbons (Fsp3) is 0.611. The summed E-state index contributed by atoms with van der Waals surface area (Å²) in [5, 5.41) is 2.84. The van der Waals surface area contributed by atoms with E-state index in [1.807, 2.05) is 0 Å². The minimum Gasteiger partial charge on any atom is -0.490 e. The SMILES string of the molecule is CCOc1cccc(CNC(=O)C2C3CCC(C3)C2N)c1OC(F)F.Cl.